The van der Waals surface area contributed by atoms with E-state index in [0.717, 1.165) is 30.9 Å². The lowest BCUT2D eigenvalue weighted by molar-refractivity contribution is 0.438. The maximum Gasteiger partial charge on any atom is 0.184 e. The lowest BCUT2D eigenvalue weighted by Gasteiger charge is -2.31. The van der Waals surface area contributed by atoms with Crippen LogP contribution in [0.25, 0.3) is 0 Å². The van der Waals surface area contributed by atoms with Crippen LogP contribution in [0.4, 0.5) is 10.8 Å². The van der Waals surface area contributed by atoms with Crippen LogP contribution in [0.1, 0.15) is 26.7 Å². The average Bonchev–Trinajstić information content (AvgIpc) is 2.73. The Morgan fingerprint density at radius 1 is 1.44 bits per heavy atom. The van der Waals surface area contributed by atoms with Crippen LogP contribution in [0, 0.1) is 5.92 Å². The smallest absolute Gasteiger partial charge is 0.184 e. The molecular weight excluding hydrogens is 270 g/mol. The molecule has 0 bridgehead atoms. The van der Waals surface area contributed by atoms with Gasteiger partial charge in [0.2, 0.25) is 0 Å². The third-order valence-corrected chi connectivity index (χ3v) is 6.26. The van der Waals surface area contributed by atoms with Crippen LogP contribution in [-0.2, 0) is 9.84 Å². The van der Waals surface area contributed by atoms with E-state index in [2.05, 4.69) is 16.2 Å². The molecular formula is C11H19N3O2S2. The molecule has 102 valence electrons. The summed E-state index contributed by atoms with van der Waals surface area (Å²) in [4.78, 5) is 2.35. The Hall–Kier alpha value is -0.820. The first-order valence-electron chi connectivity index (χ1n) is 6.18. The lowest BCUT2D eigenvalue weighted by atomic mass is 10.00. The Labute approximate surface area is 112 Å². The van der Waals surface area contributed by atoms with Crippen LogP contribution in [0.3, 0.4) is 0 Å². The summed E-state index contributed by atoms with van der Waals surface area (Å²) in [5.74, 6) is 0.917. The Morgan fingerprint density at radius 3 is 2.61 bits per heavy atom. The zero-order chi connectivity index (χ0) is 13.3. The van der Waals surface area contributed by atoms with E-state index >= 15 is 0 Å². The predicted molar refractivity (Wildman–Crippen MR) is 74.9 cm³/mol. The number of hydrogen-bond donors (Lipinski definition) is 1. The van der Waals surface area contributed by atoms with Crippen molar-refractivity contribution in [3.63, 3.8) is 0 Å². The van der Waals surface area contributed by atoms with Gasteiger partial charge in [-0.15, -0.1) is 0 Å². The van der Waals surface area contributed by atoms with Gasteiger partial charge in [0, 0.05) is 13.1 Å². The van der Waals surface area contributed by atoms with Crippen molar-refractivity contribution < 1.29 is 8.42 Å². The van der Waals surface area contributed by atoms with Crippen molar-refractivity contribution in [2.75, 3.05) is 29.5 Å². The summed E-state index contributed by atoms with van der Waals surface area (Å²) in [6.45, 7) is 5.63. The summed E-state index contributed by atoms with van der Waals surface area (Å²) in [6.07, 6.45) is 2.17. The average molecular weight is 289 g/mol. The predicted octanol–water partition coefficient (Wildman–Crippen LogP) is 1.76. The second-order valence-corrected chi connectivity index (χ2v) is 7.74. The molecule has 1 fully saturated rings. The topological polar surface area (TPSA) is 76.3 Å². The molecule has 0 atom stereocenters. The van der Waals surface area contributed by atoms with Crippen LogP contribution < -0.4 is 10.6 Å². The third-order valence-electron chi connectivity index (χ3n) is 3.42. The summed E-state index contributed by atoms with van der Waals surface area (Å²) in [7, 11) is -3.30. The van der Waals surface area contributed by atoms with Gasteiger partial charge in [-0.25, -0.2) is 8.42 Å². The van der Waals surface area contributed by atoms with Crippen LogP contribution >= 0.6 is 11.5 Å². The summed E-state index contributed by atoms with van der Waals surface area (Å²) in [5.41, 5.74) is 5.73. The quantitative estimate of drug-likeness (QED) is 0.917. The Kier molecular flexibility index (Phi) is 3.82. The largest absolute Gasteiger partial charge is 0.382 e. The molecule has 1 aliphatic rings. The highest BCUT2D eigenvalue weighted by Crippen LogP contribution is 2.37. The number of rotatable bonds is 3. The van der Waals surface area contributed by atoms with E-state index < -0.39 is 9.84 Å². The zero-order valence-corrected chi connectivity index (χ0v) is 12.4. The molecule has 7 heteroatoms. The van der Waals surface area contributed by atoms with Crippen molar-refractivity contribution in [1.82, 2.24) is 4.37 Å². The first-order chi connectivity index (χ1) is 8.45. The molecule has 0 unspecified atom stereocenters. The minimum atomic E-state index is -3.30. The first kappa shape index (κ1) is 13.6. The van der Waals surface area contributed by atoms with E-state index in [-0.39, 0.29) is 16.5 Å². The third kappa shape index (κ3) is 2.47. The molecule has 0 aromatic carbocycles. The molecule has 2 heterocycles. The molecule has 0 amide bonds. The van der Waals surface area contributed by atoms with Crippen molar-refractivity contribution in [3.05, 3.63) is 0 Å². The van der Waals surface area contributed by atoms with E-state index in [1.807, 2.05) is 0 Å². The highest BCUT2D eigenvalue weighted by Gasteiger charge is 2.28. The van der Waals surface area contributed by atoms with Gasteiger partial charge in [0.1, 0.15) is 9.90 Å². The summed E-state index contributed by atoms with van der Waals surface area (Å²) < 4.78 is 28.2. The summed E-state index contributed by atoms with van der Waals surface area (Å²) >= 11 is 1.20. The van der Waals surface area contributed by atoms with Crippen molar-refractivity contribution in [1.29, 1.82) is 0 Å². The van der Waals surface area contributed by atoms with Crippen molar-refractivity contribution >= 4 is 32.2 Å². The number of piperidine rings is 1. The molecule has 18 heavy (non-hydrogen) atoms. The van der Waals surface area contributed by atoms with E-state index in [4.69, 9.17) is 5.73 Å². The van der Waals surface area contributed by atoms with Crippen LogP contribution in [0.2, 0.25) is 0 Å². The van der Waals surface area contributed by atoms with Crippen LogP contribution in [0.15, 0.2) is 4.90 Å². The van der Waals surface area contributed by atoms with Gasteiger partial charge in [0.25, 0.3) is 0 Å². The van der Waals surface area contributed by atoms with Crippen molar-refractivity contribution in [3.8, 4) is 0 Å². The normalized spacial score (nSPS) is 18.2. The Bertz CT molecular complexity index is 516. The van der Waals surface area contributed by atoms with Crippen LogP contribution in [-0.4, -0.2) is 31.6 Å². The second-order valence-electron chi connectivity index (χ2n) is 4.78. The van der Waals surface area contributed by atoms with Gasteiger partial charge in [-0.1, -0.05) is 13.8 Å². The molecule has 0 radical (unpaired) electrons. The van der Waals surface area contributed by atoms with Gasteiger partial charge in [-0.2, -0.15) is 4.37 Å². The monoisotopic (exact) mass is 289 g/mol. The summed E-state index contributed by atoms with van der Waals surface area (Å²) in [6, 6.07) is 0. The second kappa shape index (κ2) is 5.05. The molecule has 0 spiro atoms. The molecule has 1 aromatic heterocycles. The molecule has 1 aromatic rings. The maximum atomic E-state index is 12.1. The molecule has 5 nitrogen and oxygen atoms in total. The standard InChI is InChI=1S/C11H19N3O2S2/c1-3-18(15,16)9-10(12)13-17-11(9)14-6-4-8(2)5-7-14/h8H,3-7H2,1-2H3,(H2,12,13). The molecule has 0 saturated carbocycles. The van der Waals surface area contributed by atoms with Gasteiger partial charge in [-0.05, 0) is 30.3 Å². The maximum absolute atomic E-state index is 12.1. The van der Waals surface area contributed by atoms with Gasteiger partial charge in [-0.3, -0.25) is 0 Å². The van der Waals surface area contributed by atoms with E-state index in [1.54, 1.807) is 6.92 Å². The van der Waals surface area contributed by atoms with E-state index in [0.29, 0.717) is 5.92 Å². The van der Waals surface area contributed by atoms with Gasteiger partial charge in [0.05, 0.1) is 5.75 Å². The number of hydrogen-bond acceptors (Lipinski definition) is 6. The van der Waals surface area contributed by atoms with Gasteiger partial charge in [0.15, 0.2) is 15.7 Å². The first-order valence-corrected chi connectivity index (χ1v) is 8.61. The van der Waals surface area contributed by atoms with Gasteiger partial charge < -0.3 is 10.6 Å². The number of aromatic nitrogens is 1. The highest BCUT2D eigenvalue weighted by atomic mass is 32.2. The van der Waals surface area contributed by atoms with Crippen molar-refractivity contribution in [2.45, 2.75) is 31.6 Å². The minimum absolute atomic E-state index is 0.0624. The number of nitrogen functional groups attached to an aromatic ring is 1. The highest BCUT2D eigenvalue weighted by molar-refractivity contribution is 7.91. The molecule has 2 rings (SSSR count). The number of nitrogens with two attached hydrogens (primary N) is 1. The van der Waals surface area contributed by atoms with Crippen LogP contribution in [0.5, 0.6) is 0 Å². The van der Waals surface area contributed by atoms with E-state index in [1.165, 1.54) is 11.5 Å². The fraction of sp³-hybridized carbons (Fsp3) is 0.727. The molecule has 1 aliphatic heterocycles. The minimum Gasteiger partial charge on any atom is -0.382 e. The molecule has 1 saturated heterocycles. The molecule has 2 N–H and O–H groups in total. The number of anilines is 2. The fourth-order valence-corrected chi connectivity index (χ4v) is 4.49. The Morgan fingerprint density at radius 2 is 2.06 bits per heavy atom. The zero-order valence-electron chi connectivity index (χ0n) is 10.7. The number of nitrogens with zero attached hydrogens (tertiary/aromatic N) is 2. The lowest BCUT2D eigenvalue weighted by Crippen LogP contribution is -2.33. The SMILES string of the molecule is CCS(=O)(=O)c1c(N)nsc1N1CCC(C)CC1. The summed E-state index contributed by atoms with van der Waals surface area (Å²) in [5, 5.41) is 0.723. The van der Waals surface area contributed by atoms with Crippen molar-refractivity contribution in [2.24, 2.45) is 5.92 Å². The molecule has 0 aliphatic carbocycles. The van der Waals surface area contributed by atoms with Gasteiger partial charge >= 0.3 is 0 Å². The Balaban J connectivity index is 2.35. The fourth-order valence-electron chi connectivity index (χ4n) is 2.13. The number of sulfone groups is 1. The van der Waals surface area contributed by atoms with E-state index in [9.17, 15) is 8.42 Å².